The fourth-order valence-electron chi connectivity index (χ4n) is 1.91. The van der Waals surface area contributed by atoms with Crippen LogP contribution in [0.4, 0.5) is 10.2 Å². The molecule has 2 amide bonds. The number of rotatable bonds is 7. The van der Waals surface area contributed by atoms with Crippen LogP contribution in [0.3, 0.4) is 0 Å². The van der Waals surface area contributed by atoms with Crippen LogP contribution < -0.4 is 10.6 Å². The van der Waals surface area contributed by atoms with E-state index in [9.17, 15) is 14.0 Å². The van der Waals surface area contributed by atoms with Crippen LogP contribution in [0.2, 0.25) is 0 Å². The van der Waals surface area contributed by atoms with Gasteiger partial charge in [0.25, 0.3) is 0 Å². The zero-order valence-electron chi connectivity index (χ0n) is 12.8. The highest BCUT2D eigenvalue weighted by Crippen LogP contribution is 2.04. The van der Waals surface area contributed by atoms with Crippen LogP contribution in [0.5, 0.6) is 0 Å². The molecule has 0 unspecified atom stereocenters. The molecule has 2 rings (SSSR count). The maximum absolute atomic E-state index is 13.0. The Hall–Kier alpha value is -2.77. The van der Waals surface area contributed by atoms with Crippen molar-refractivity contribution in [3.05, 3.63) is 41.8 Å². The molecule has 0 saturated carbocycles. The number of carbonyl (C=O) groups excluding carboxylic acids is 2. The Bertz CT molecular complexity index is 686. The van der Waals surface area contributed by atoms with E-state index in [0.29, 0.717) is 25.2 Å². The second-order valence-corrected chi connectivity index (χ2v) is 4.93. The minimum atomic E-state index is -0.293. The van der Waals surface area contributed by atoms with Gasteiger partial charge in [0.05, 0.1) is 6.20 Å². The summed E-state index contributed by atoms with van der Waals surface area (Å²) in [5, 5.41) is 12.8. The molecule has 122 valence electrons. The molecule has 0 radical (unpaired) electrons. The molecule has 7 nitrogen and oxygen atoms in total. The predicted octanol–water partition coefficient (Wildman–Crippen LogP) is 1.12. The number of amides is 2. The number of hydrogen-bond acceptors (Lipinski definition) is 4. The maximum atomic E-state index is 13.0. The van der Waals surface area contributed by atoms with Gasteiger partial charge in [0.2, 0.25) is 11.8 Å². The van der Waals surface area contributed by atoms with Crippen molar-refractivity contribution in [1.82, 2.24) is 20.3 Å². The predicted molar refractivity (Wildman–Crippen MR) is 82.1 cm³/mol. The van der Waals surface area contributed by atoms with E-state index in [1.54, 1.807) is 19.1 Å². The smallest absolute Gasteiger partial charge is 0.241 e. The number of halogens is 1. The van der Waals surface area contributed by atoms with E-state index < -0.39 is 0 Å². The van der Waals surface area contributed by atoms with Crippen molar-refractivity contribution in [3.8, 4) is 0 Å². The van der Waals surface area contributed by atoms with Gasteiger partial charge in [0, 0.05) is 13.0 Å². The highest BCUT2D eigenvalue weighted by Gasteiger charge is 2.07. The number of benzene rings is 1. The van der Waals surface area contributed by atoms with E-state index in [2.05, 4.69) is 20.9 Å². The summed E-state index contributed by atoms with van der Waals surface area (Å²) in [5.74, 6) is -0.390. The zero-order valence-corrected chi connectivity index (χ0v) is 12.8. The Balaban J connectivity index is 1.75. The average molecular weight is 319 g/mol. The molecule has 23 heavy (non-hydrogen) atoms. The quantitative estimate of drug-likeness (QED) is 0.800. The first-order valence-corrected chi connectivity index (χ1v) is 7.28. The van der Waals surface area contributed by atoms with E-state index in [-0.39, 0.29) is 24.2 Å². The lowest BCUT2D eigenvalue weighted by atomic mass is 10.1. The van der Waals surface area contributed by atoms with Crippen molar-refractivity contribution in [2.24, 2.45) is 0 Å². The maximum Gasteiger partial charge on any atom is 0.241 e. The Morgan fingerprint density at radius 3 is 2.87 bits per heavy atom. The van der Waals surface area contributed by atoms with Gasteiger partial charge in [-0.05, 0) is 24.1 Å². The van der Waals surface area contributed by atoms with E-state index in [1.807, 2.05) is 0 Å². The van der Waals surface area contributed by atoms with Gasteiger partial charge in [0.15, 0.2) is 5.82 Å². The lowest BCUT2D eigenvalue weighted by Crippen LogP contribution is -2.29. The van der Waals surface area contributed by atoms with Crippen LogP contribution in [0.25, 0.3) is 0 Å². The molecule has 1 aromatic carbocycles. The van der Waals surface area contributed by atoms with Crippen LogP contribution in [-0.2, 0) is 22.6 Å². The Morgan fingerprint density at radius 1 is 1.30 bits per heavy atom. The van der Waals surface area contributed by atoms with Crippen LogP contribution in [0, 0.1) is 5.82 Å². The molecule has 1 aromatic heterocycles. The molecule has 0 spiro atoms. The van der Waals surface area contributed by atoms with Gasteiger partial charge in [0.1, 0.15) is 12.4 Å². The summed E-state index contributed by atoms with van der Waals surface area (Å²) >= 11 is 0. The summed E-state index contributed by atoms with van der Waals surface area (Å²) in [6.07, 6.45) is 2.37. The molecule has 0 atom stereocenters. The Labute approximate surface area is 132 Å². The highest BCUT2D eigenvalue weighted by molar-refractivity contribution is 5.89. The molecule has 0 aliphatic carbocycles. The zero-order chi connectivity index (χ0) is 16.7. The molecule has 8 heteroatoms. The monoisotopic (exact) mass is 319 g/mol. The molecule has 2 aromatic rings. The lowest BCUT2D eigenvalue weighted by Gasteiger charge is -2.05. The Morgan fingerprint density at radius 2 is 2.13 bits per heavy atom. The van der Waals surface area contributed by atoms with Crippen molar-refractivity contribution >= 4 is 17.6 Å². The van der Waals surface area contributed by atoms with E-state index in [1.165, 1.54) is 23.0 Å². The number of hydrogen-bond donors (Lipinski definition) is 2. The van der Waals surface area contributed by atoms with E-state index >= 15 is 0 Å². The second-order valence-electron chi connectivity index (χ2n) is 4.93. The molecule has 0 bridgehead atoms. The number of carbonyl (C=O) groups is 2. The van der Waals surface area contributed by atoms with E-state index in [0.717, 1.165) is 5.56 Å². The van der Waals surface area contributed by atoms with Gasteiger partial charge in [-0.15, -0.1) is 5.10 Å². The van der Waals surface area contributed by atoms with Crippen LogP contribution in [0.1, 0.15) is 18.9 Å². The summed E-state index contributed by atoms with van der Waals surface area (Å²) in [6.45, 7) is 2.13. The third-order valence-electron chi connectivity index (χ3n) is 3.06. The van der Waals surface area contributed by atoms with Gasteiger partial charge >= 0.3 is 0 Å². The third kappa shape index (κ3) is 5.50. The number of aromatic nitrogens is 3. The van der Waals surface area contributed by atoms with Crippen molar-refractivity contribution in [1.29, 1.82) is 0 Å². The Kier molecular flexibility index (Phi) is 5.79. The molecule has 2 N–H and O–H groups in total. The minimum Gasteiger partial charge on any atom is -0.354 e. The molecule has 0 saturated heterocycles. The van der Waals surface area contributed by atoms with Crippen molar-refractivity contribution in [2.75, 3.05) is 11.9 Å². The molecule has 0 aliphatic rings. The normalized spacial score (nSPS) is 10.3. The van der Waals surface area contributed by atoms with Crippen LogP contribution >= 0.6 is 0 Å². The SMILES string of the molecule is CCC(=O)Nc1cn(CC(=O)NCCc2cccc(F)c2)nn1. The van der Waals surface area contributed by atoms with Crippen molar-refractivity contribution in [3.63, 3.8) is 0 Å². The van der Waals surface area contributed by atoms with Gasteiger partial charge in [-0.25, -0.2) is 9.07 Å². The van der Waals surface area contributed by atoms with Crippen LogP contribution in [0.15, 0.2) is 30.5 Å². The molecule has 1 heterocycles. The van der Waals surface area contributed by atoms with Crippen LogP contribution in [-0.4, -0.2) is 33.4 Å². The minimum absolute atomic E-state index is 0.00184. The fraction of sp³-hybridized carbons (Fsp3) is 0.333. The number of anilines is 1. The second kappa shape index (κ2) is 8.02. The number of nitrogens with zero attached hydrogens (tertiary/aromatic N) is 3. The third-order valence-corrected chi connectivity index (χ3v) is 3.06. The van der Waals surface area contributed by atoms with Gasteiger partial charge < -0.3 is 10.6 Å². The first-order chi connectivity index (χ1) is 11.1. The van der Waals surface area contributed by atoms with E-state index in [4.69, 9.17) is 0 Å². The number of nitrogens with one attached hydrogen (secondary N) is 2. The largest absolute Gasteiger partial charge is 0.354 e. The van der Waals surface area contributed by atoms with Gasteiger partial charge in [-0.2, -0.15) is 0 Å². The molecular weight excluding hydrogens is 301 g/mol. The molecule has 0 fully saturated rings. The van der Waals surface area contributed by atoms with Crippen molar-refractivity contribution < 1.29 is 14.0 Å². The summed E-state index contributed by atoms with van der Waals surface area (Å²) in [5.41, 5.74) is 0.815. The summed E-state index contributed by atoms with van der Waals surface area (Å²) in [6, 6.07) is 6.25. The fourth-order valence-corrected chi connectivity index (χ4v) is 1.91. The average Bonchev–Trinajstić information content (AvgIpc) is 2.94. The van der Waals surface area contributed by atoms with Gasteiger partial charge in [-0.3, -0.25) is 9.59 Å². The molecule has 0 aliphatic heterocycles. The highest BCUT2D eigenvalue weighted by atomic mass is 19.1. The first kappa shape index (κ1) is 16.6. The standard InChI is InChI=1S/C15H18FN5O2/c1-2-14(22)18-13-9-21(20-19-13)10-15(23)17-7-6-11-4-3-5-12(16)8-11/h3-5,8-9H,2,6-7,10H2,1H3,(H,17,23)(H,18,22). The topological polar surface area (TPSA) is 88.9 Å². The van der Waals surface area contributed by atoms with Gasteiger partial charge in [-0.1, -0.05) is 24.3 Å². The summed E-state index contributed by atoms with van der Waals surface area (Å²) in [7, 11) is 0. The summed E-state index contributed by atoms with van der Waals surface area (Å²) < 4.78 is 14.4. The van der Waals surface area contributed by atoms with Crippen molar-refractivity contribution in [2.45, 2.75) is 26.3 Å². The lowest BCUT2D eigenvalue weighted by molar-refractivity contribution is -0.121. The summed E-state index contributed by atoms with van der Waals surface area (Å²) in [4.78, 5) is 23.0. The molecular formula is C15H18FN5O2. The first-order valence-electron chi connectivity index (χ1n) is 7.28.